The molecule has 0 aromatic heterocycles. The number of carbonyl (C=O) groups is 1. The van der Waals surface area contributed by atoms with Crippen molar-refractivity contribution in [3.05, 3.63) is 65.2 Å². The summed E-state index contributed by atoms with van der Waals surface area (Å²) in [6, 6.07) is 16.4. The maximum absolute atomic E-state index is 10.9. The lowest BCUT2D eigenvalue weighted by Crippen LogP contribution is -2.19. The number of ether oxygens (including phenoxy) is 2. The fourth-order valence-corrected chi connectivity index (χ4v) is 2.63. The van der Waals surface area contributed by atoms with E-state index in [1.807, 2.05) is 26.8 Å². The fourth-order valence-electron chi connectivity index (χ4n) is 2.63. The van der Waals surface area contributed by atoms with Crippen molar-refractivity contribution in [2.45, 2.75) is 84.8 Å². The van der Waals surface area contributed by atoms with Gasteiger partial charge in [0.25, 0.3) is 0 Å². The minimum atomic E-state index is -0.410. The summed E-state index contributed by atoms with van der Waals surface area (Å²) in [4.78, 5) is 10.9. The van der Waals surface area contributed by atoms with E-state index < -0.39 is 5.91 Å². The smallest absolute Gasteiger partial charge is 0.248 e. The van der Waals surface area contributed by atoms with E-state index in [1.54, 1.807) is 18.2 Å². The second-order valence-corrected chi connectivity index (χ2v) is 9.99. The Hall–Kier alpha value is -2.37. The Morgan fingerprint density at radius 1 is 0.903 bits per heavy atom. The molecule has 0 saturated heterocycles. The molecule has 3 rings (SSSR count). The van der Waals surface area contributed by atoms with E-state index in [0.29, 0.717) is 24.8 Å². The third-order valence-corrected chi connectivity index (χ3v) is 4.43. The summed E-state index contributed by atoms with van der Waals surface area (Å²) >= 11 is 0. The van der Waals surface area contributed by atoms with E-state index in [2.05, 4.69) is 50.4 Å². The molecule has 0 unspecified atom stereocenters. The molecule has 1 amide bonds. The third kappa shape index (κ3) is 11.0. The van der Waals surface area contributed by atoms with Crippen molar-refractivity contribution in [1.29, 1.82) is 0 Å². The molecule has 2 aromatic carbocycles. The highest BCUT2D eigenvalue weighted by atomic mass is 16.5. The van der Waals surface area contributed by atoms with Crippen LogP contribution >= 0.6 is 0 Å². The second-order valence-electron chi connectivity index (χ2n) is 9.99. The summed E-state index contributed by atoms with van der Waals surface area (Å²) < 4.78 is 11.4. The van der Waals surface area contributed by atoms with Gasteiger partial charge in [0.05, 0.1) is 24.4 Å². The molecule has 3 N–H and O–H groups in total. The first-order chi connectivity index (χ1) is 14.4. The molecule has 5 heteroatoms. The number of anilines is 1. The first kappa shape index (κ1) is 24.9. The summed E-state index contributed by atoms with van der Waals surface area (Å²) in [7, 11) is 0. The molecule has 2 aromatic rings. The molecule has 0 atom stereocenters. The number of hydrogen-bond acceptors (Lipinski definition) is 4. The van der Waals surface area contributed by atoms with Gasteiger partial charge in [0.15, 0.2) is 0 Å². The van der Waals surface area contributed by atoms with Crippen molar-refractivity contribution in [2.75, 3.05) is 5.32 Å². The molecule has 0 spiro atoms. The zero-order chi connectivity index (χ0) is 23.1. The quantitative estimate of drug-likeness (QED) is 0.598. The summed E-state index contributed by atoms with van der Waals surface area (Å²) in [6.45, 7) is 13.4. The van der Waals surface area contributed by atoms with Crippen LogP contribution in [0.5, 0.6) is 0 Å². The molecule has 1 aliphatic rings. The molecule has 170 valence electrons. The first-order valence-corrected chi connectivity index (χ1v) is 10.9. The Morgan fingerprint density at radius 2 is 1.42 bits per heavy atom. The lowest BCUT2D eigenvalue weighted by atomic mass is 10.1. The first-order valence-electron chi connectivity index (χ1n) is 10.9. The summed E-state index contributed by atoms with van der Waals surface area (Å²) in [5, 5.41) is 3.50. The van der Waals surface area contributed by atoms with E-state index in [1.165, 1.54) is 24.1 Å². The molecule has 0 bridgehead atoms. The molecule has 0 aliphatic heterocycles. The van der Waals surface area contributed by atoms with Gasteiger partial charge in [-0.25, -0.2) is 0 Å². The van der Waals surface area contributed by atoms with Crippen molar-refractivity contribution < 1.29 is 14.3 Å². The number of carbonyl (C=O) groups excluding carboxylic acids is 1. The largest absolute Gasteiger partial charge is 0.382 e. The lowest BCUT2D eigenvalue weighted by Gasteiger charge is -2.19. The third-order valence-electron chi connectivity index (χ3n) is 4.43. The van der Waals surface area contributed by atoms with E-state index in [4.69, 9.17) is 15.2 Å². The van der Waals surface area contributed by atoms with Gasteiger partial charge in [-0.15, -0.1) is 0 Å². The fraction of sp³-hybridized carbons (Fsp3) is 0.500. The Morgan fingerprint density at radius 3 is 1.90 bits per heavy atom. The van der Waals surface area contributed by atoms with Crippen LogP contribution in [0, 0.1) is 0 Å². The summed E-state index contributed by atoms with van der Waals surface area (Å²) in [6.07, 6.45) is 2.62. The van der Waals surface area contributed by atoms with E-state index in [9.17, 15) is 4.79 Å². The van der Waals surface area contributed by atoms with Gasteiger partial charge in [-0.2, -0.15) is 0 Å². The molecule has 1 aliphatic carbocycles. The SMILES string of the molecule is CC(C)(C)OCc1cccc(C(N)=O)c1.CC(C)(C)OCc1cccc(NC2CC2)c1. The minimum Gasteiger partial charge on any atom is -0.382 e. The predicted octanol–water partition coefficient (Wildman–Crippen LogP) is 5.68. The van der Waals surface area contributed by atoms with Crippen LogP contribution in [0.1, 0.15) is 75.9 Å². The highest BCUT2D eigenvalue weighted by Crippen LogP contribution is 2.25. The van der Waals surface area contributed by atoms with Gasteiger partial charge in [-0.05, 0) is 89.8 Å². The van der Waals surface area contributed by atoms with Crippen LogP contribution in [-0.2, 0) is 22.7 Å². The average molecular weight is 427 g/mol. The van der Waals surface area contributed by atoms with Crippen LogP contribution in [0.3, 0.4) is 0 Å². The molecule has 5 nitrogen and oxygen atoms in total. The van der Waals surface area contributed by atoms with E-state index >= 15 is 0 Å². The van der Waals surface area contributed by atoms with Gasteiger partial charge in [0, 0.05) is 17.3 Å². The van der Waals surface area contributed by atoms with Crippen molar-refractivity contribution in [1.82, 2.24) is 0 Å². The Labute approximate surface area is 187 Å². The van der Waals surface area contributed by atoms with Gasteiger partial charge >= 0.3 is 0 Å². The van der Waals surface area contributed by atoms with Gasteiger partial charge < -0.3 is 20.5 Å². The lowest BCUT2D eigenvalue weighted by molar-refractivity contribution is -0.0152. The molecular formula is C26H38N2O3. The predicted molar refractivity (Wildman–Crippen MR) is 127 cm³/mol. The van der Waals surface area contributed by atoms with Gasteiger partial charge in [-0.1, -0.05) is 24.3 Å². The summed E-state index contributed by atoms with van der Waals surface area (Å²) in [5.74, 6) is -0.410. The Bertz CT molecular complexity index is 846. The van der Waals surface area contributed by atoms with Gasteiger partial charge in [0.2, 0.25) is 5.91 Å². The normalized spacial score (nSPS) is 13.9. The van der Waals surface area contributed by atoms with Crippen molar-refractivity contribution in [3.63, 3.8) is 0 Å². The number of amides is 1. The average Bonchev–Trinajstić information content (AvgIpc) is 3.49. The highest BCUT2D eigenvalue weighted by Gasteiger charge is 2.20. The van der Waals surface area contributed by atoms with Crippen molar-refractivity contribution in [3.8, 4) is 0 Å². The molecule has 31 heavy (non-hydrogen) atoms. The number of benzene rings is 2. The van der Waals surface area contributed by atoms with Crippen molar-refractivity contribution in [2.24, 2.45) is 5.73 Å². The van der Waals surface area contributed by atoms with Crippen LogP contribution in [0.25, 0.3) is 0 Å². The Kier molecular flexibility index (Phi) is 8.66. The van der Waals surface area contributed by atoms with E-state index in [0.717, 1.165) is 5.56 Å². The molecule has 1 saturated carbocycles. The second kappa shape index (κ2) is 10.8. The Balaban J connectivity index is 0.000000221. The highest BCUT2D eigenvalue weighted by molar-refractivity contribution is 5.92. The zero-order valence-electron chi connectivity index (χ0n) is 19.8. The van der Waals surface area contributed by atoms with Crippen LogP contribution in [-0.4, -0.2) is 23.2 Å². The molecule has 0 heterocycles. The van der Waals surface area contributed by atoms with Crippen LogP contribution in [0.15, 0.2) is 48.5 Å². The van der Waals surface area contributed by atoms with Crippen LogP contribution in [0.2, 0.25) is 0 Å². The number of hydrogen-bond donors (Lipinski definition) is 2. The number of primary amides is 1. The summed E-state index contributed by atoms with van der Waals surface area (Å²) in [5.41, 5.74) is 8.87. The monoisotopic (exact) mass is 426 g/mol. The zero-order valence-corrected chi connectivity index (χ0v) is 19.8. The molecule has 1 fully saturated rings. The van der Waals surface area contributed by atoms with Crippen molar-refractivity contribution >= 4 is 11.6 Å². The maximum Gasteiger partial charge on any atom is 0.248 e. The number of rotatable bonds is 7. The maximum atomic E-state index is 10.9. The van der Waals surface area contributed by atoms with Gasteiger partial charge in [-0.3, -0.25) is 4.79 Å². The topological polar surface area (TPSA) is 73.6 Å². The minimum absolute atomic E-state index is 0.0695. The molecule has 0 radical (unpaired) electrons. The standard InChI is InChI=1S/C14H21NO.C12H17NO2/c1-14(2,3)16-10-11-5-4-6-13(9-11)15-12-7-8-12;1-12(2,3)15-8-9-5-4-6-10(7-9)11(13)14/h4-6,9,12,15H,7-8,10H2,1-3H3;4-7H,8H2,1-3H3,(H2,13,14). The number of nitrogens with two attached hydrogens (primary N) is 1. The van der Waals surface area contributed by atoms with E-state index in [-0.39, 0.29) is 11.2 Å². The van der Waals surface area contributed by atoms with Gasteiger partial charge in [0.1, 0.15) is 0 Å². The van der Waals surface area contributed by atoms with Crippen LogP contribution in [0.4, 0.5) is 5.69 Å². The molecular weight excluding hydrogens is 388 g/mol. The number of nitrogens with one attached hydrogen (secondary N) is 1. The van der Waals surface area contributed by atoms with Crippen LogP contribution < -0.4 is 11.1 Å².